The van der Waals surface area contributed by atoms with E-state index in [0.29, 0.717) is 24.5 Å². The van der Waals surface area contributed by atoms with Crippen LogP contribution in [0.1, 0.15) is 42.4 Å². The number of fused-ring (bicyclic) bond motifs is 1. The molecule has 2 unspecified atom stereocenters. The maximum absolute atomic E-state index is 14.1. The van der Waals surface area contributed by atoms with Gasteiger partial charge >= 0.3 is 6.03 Å². The van der Waals surface area contributed by atoms with Gasteiger partial charge in [0.2, 0.25) is 0 Å². The van der Waals surface area contributed by atoms with Gasteiger partial charge in [-0.1, -0.05) is 0 Å². The van der Waals surface area contributed by atoms with E-state index in [1.807, 2.05) is 25.3 Å². The van der Waals surface area contributed by atoms with Gasteiger partial charge in [-0.3, -0.25) is 0 Å². The van der Waals surface area contributed by atoms with E-state index in [9.17, 15) is 13.6 Å². The van der Waals surface area contributed by atoms with Gasteiger partial charge in [-0.2, -0.15) is 0 Å². The monoisotopic (exact) mass is 414 g/mol. The van der Waals surface area contributed by atoms with Crippen molar-refractivity contribution in [3.05, 3.63) is 59.1 Å². The van der Waals surface area contributed by atoms with Crippen LogP contribution in [0.5, 0.6) is 0 Å². The van der Waals surface area contributed by atoms with E-state index < -0.39 is 11.6 Å². The number of imidazole rings is 2. The van der Waals surface area contributed by atoms with Crippen molar-refractivity contribution in [3.8, 4) is 11.3 Å². The summed E-state index contributed by atoms with van der Waals surface area (Å²) in [4.78, 5) is 24.5. The molecule has 0 saturated heterocycles. The summed E-state index contributed by atoms with van der Waals surface area (Å²) in [5, 5.41) is 5.88. The first kappa shape index (κ1) is 20.1. The highest BCUT2D eigenvalue weighted by Crippen LogP contribution is 2.25. The molecule has 4 rings (SSSR count). The predicted molar refractivity (Wildman–Crippen MR) is 108 cm³/mol. The average Bonchev–Trinajstić information content (AvgIpc) is 3.24. The molecule has 1 aromatic carbocycles. The quantitative estimate of drug-likeness (QED) is 0.610. The van der Waals surface area contributed by atoms with Crippen molar-refractivity contribution in [1.82, 2.24) is 30.2 Å². The second kappa shape index (κ2) is 7.89. The highest BCUT2D eigenvalue weighted by molar-refractivity contribution is 5.74. The summed E-state index contributed by atoms with van der Waals surface area (Å²) in [6.45, 7) is 6.26. The zero-order chi connectivity index (χ0) is 21.4. The molecule has 0 radical (unpaired) electrons. The minimum absolute atomic E-state index is 0.0788. The van der Waals surface area contributed by atoms with Crippen molar-refractivity contribution in [1.29, 1.82) is 0 Å². The summed E-state index contributed by atoms with van der Waals surface area (Å²) in [5.41, 5.74) is 2.61. The van der Waals surface area contributed by atoms with Crippen molar-refractivity contribution in [2.24, 2.45) is 0 Å². The van der Waals surface area contributed by atoms with Crippen LogP contribution in [-0.2, 0) is 13.0 Å². The summed E-state index contributed by atoms with van der Waals surface area (Å²) in [7, 11) is 0. The van der Waals surface area contributed by atoms with Gasteiger partial charge in [-0.25, -0.2) is 23.5 Å². The van der Waals surface area contributed by atoms with Crippen LogP contribution in [0.15, 0.2) is 24.4 Å². The number of carbonyl (C=O) groups is 1. The molecule has 1 aliphatic rings. The number of aromatic nitrogens is 4. The van der Waals surface area contributed by atoms with Crippen LogP contribution in [0.2, 0.25) is 0 Å². The van der Waals surface area contributed by atoms with Gasteiger partial charge in [0.1, 0.15) is 23.3 Å². The molecular formula is C21H24F2N6O. The molecule has 2 aromatic heterocycles. The van der Waals surface area contributed by atoms with Gasteiger partial charge in [0.25, 0.3) is 0 Å². The van der Waals surface area contributed by atoms with Gasteiger partial charge in [-0.05, 0) is 39.3 Å². The molecule has 0 fully saturated rings. The predicted octanol–water partition coefficient (Wildman–Crippen LogP) is 3.54. The van der Waals surface area contributed by atoms with Gasteiger partial charge in [0, 0.05) is 42.5 Å². The molecule has 3 aromatic rings. The van der Waals surface area contributed by atoms with E-state index >= 15 is 0 Å². The smallest absolute Gasteiger partial charge is 0.315 e. The number of nitrogens with one attached hydrogen (secondary N) is 3. The lowest BCUT2D eigenvalue weighted by Crippen LogP contribution is -2.46. The maximum Gasteiger partial charge on any atom is 0.315 e. The third kappa shape index (κ3) is 4.05. The summed E-state index contributed by atoms with van der Waals surface area (Å²) >= 11 is 0. The molecule has 9 heteroatoms. The van der Waals surface area contributed by atoms with Crippen LogP contribution in [0, 0.1) is 25.5 Å². The molecule has 0 bridgehead atoms. The second-order valence-electron chi connectivity index (χ2n) is 7.73. The summed E-state index contributed by atoms with van der Waals surface area (Å²) in [5.74, 6) is 0.273. The summed E-state index contributed by atoms with van der Waals surface area (Å²) in [6.07, 6.45) is 3.12. The molecule has 0 saturated carbocycles. The van der Waals surface area contributed by atoms with Gasteiger partial charge in [0.15, 0.2) is 0 Å². The van der Waals surface area contributed by atoms with Crippen LogP contribution in [0.4, 0.5) is 13.6 Å². The number of aryl methyl sites for hydroxylation is 3. The molecule has 30 heavy (non-hydrogen) atoms. The number of rotatable bonds is 4. The number of H-pyrrole nitrogens is 1. The maximum atomic E-state index is 14.1. The Morgan fingerprint density at radius 1 is 1.30 bits per heavy atom. The number of carbonyl (C=O) groups excluding carboxylic acids is 1. The third-order valence-electron chi connectivity index (χ3n) is 5.44. The lowest BCUT2D eigenvalue weighted by atomic mass is 10.1. The summed E-state index contributed by atoms with van der Waals surface area (Å²) < 4.78 is 29.2. The standard InChI is InChI=1S/C21H24F2N6O/c1-11-12(2)25-20(24-11)13(3)26-21(30)27-15-5-7-19-28-18(10-29(19)9-15)16-6-4-14(22)8-17(16)23/h4,6,8,10,13,15H,5,7,9H2,1-3H3,(H,24,25)(H2,26,27,30). The van der Waals surface area contributed by atoms with Crippen molar-refractivity contribution >= 4 is 6.03 Å². The van der Waals surface area contributed by atoms with Crippen molar-refractivity contribution in [3.63, 3.8) is 0 Å². The molecule has 158 valence electrons. The van der Waals surface area contributed by atoms with Crippen LogP contribution in [0.25, 0.3) is 11.3 Å². The largest absolute Gasteiger partial charge is 0.344 e. The number of benzene rings is 1. The topological polar surface area (TPSA) is 87.6 Å². The van der Waals surface area contributed by atoms with E-state index in [1.54, 1.807) is 6.20 Å². The Morgan fingerprint density at radius 2 is 2.10 bits per heavy atom. The molecule has 2 atom stereocenters. The first-order valence-electron chi connectivity index (χ1n) is 9.91. The number of amides is 2. The number of hydrogen-bond donors (Lipinski definition) is 3. The van der Waals surface area contributed by atoms with Crippen LogP contribution in [0.3, 0.4) is 0 Å². The zero-order valence-corrected chi connectivity index (χ0v) is 17.1. The van der Waals surface area contributed by atoms with Crippen molar-refractivity contribution in [2.75, 3.05) is 0 Å². The van der Waals surface area contributed by atoms with Crippen LogP contribution in [-0.4, -0.2) is 31.6 Å². The second-order valence-corrected chi connectivity index (χ2v) is 7.73. The number of nitrogens with zero attached hydrogens (tertiary/aromatic N) is 3. The Balaban J connectivity index is 1.39. The first-order chi connectivity index (χ1) is 14.3. The van der Waals surface area contributed by atoms with Gasteiger partial charge in [-0.15, -0.1) is 0 Å². The fraction of sp³-hybridized carbons (Fsp3) is 0.381. The van der Waals surface area contributed by atoms with E-state index in [2.05, 4.69) is 25.6 Å². The fourth-order valence-corrected chi connectivity index (χ4v) is 3.66. The highest BCUT2D eigenvalue weighted by Gasteiger charge is 2.24. The molecule has 3 heterocycles. The average molecular weight is 414 g/mol. The molecule has 7 nitrogen and oxygen atoms in total. The van der Waals surface area contributed by atoms with Crippen molar-refractivity contribution < 1.29 is 13.6 Å². The number of hydrogen-bond acceptors (Lipinski definition) is 3. The molecule has 1 aliphatic heterocycles. The van der Waals surface area contributed by atoms with Gasteiger partial charge in [0.05, 0.1) is 17.4 Å². The number of urea groups is 1. The van der Waals surface area contributed by atoms with Crippen molar-refractivity contribution in [2.45, 2.75) is 52.2 Å². The van der Waals surface area contributed by atoms with E-state index in [4.69, 9.17) is 0 Å². The van der Waals surface area contributed by atoms with E-state index in [1.165, 1.54) is 12.1 Å². The Kier molecular flexibility index (Phi) is 5.27. The Labute approximate surface area is 172 Å². The molecule has 0 spiro atoms. The van der Waals surface area contributed by atoms with Gasteiger partial charge < -0.3 is 20.2 Å². The number of halogens is 2. The number of aromatic amines is 1. The molecular weight excluding hydrogens is 390 g/mol. The summed E-state index contributed by atoms with van der Waals surface area (Å²) in [6, 6.07) is 2.86. The van der Waals surface area contributed by atoms with E-state index in [0.717, 1.165) is 29.7 Å². The third-order valence-corrected chi connectivity index (χ3v) is 5.44. The molecule has 3 N–H and O–H groups in total. The normalized spacial score (nSPS) is 16.8. The van der Waals surface area contributed by atoms with Crippen LogP contribution >= 0.6 is 0 Å². The lowest BCUT2D eigenvalue weighted by Gasteiger charge is -2.25. The molecule has 2 amide bonds. The minimum Gasteiger partial charge on any atom is -0.344 e. The van der Waals surface area contributed by atoms with Crippen LogP contribution < -0.4 is 10.6 Å². The first-order valence-corrected chi connectivity index (χ1v) is 9.91. The minimum atomic E-state index is -0.642. The Morgan fingerprint density at radius 3 is 2.80 bits per heavy atom. The van der Waals surface area contributed by atoms with E-state index in [-0.39, 0.29) is 23.7 Å². The zero-order valence-electron chi connectivity index (χ0n) is 17.1. The fourth-order valence-electron chi connectivity index (χ4n) is 3.66. The Bertz CT molecular complexity index is 1070. The lowest BCUT2D eigenvalue weighted by molar-refractivity contribution is 0.229. The SMILES string of the molecule is Cc1nc(C(C)NC(=O)NC2CCc3nc(-c4ccc(F)cc4F)cn3C2)[nH]c1C. The highest BCUT2D eigenvalue weighted by atomic mass is 19.1. The molecule has 0 aliphatic carbocycles. The Hall–Kier alpha value is -3.23.